The molecule has 126 valence electrons. The van der Waals surface area contributed by atoms with Crippen molar-refractivity contribution in [2.45, 2.75) is 32.1 Å². The summed E-state index contributed by atoms with van der Waals surface area (Å²) < 4.78 is 33.7. The van der Waals surface area contributed by atoms with Gasteiger partial charge in [0.05, 0.1) is 7.11 Å². The molecular formula is C18H17F2NO3. The van der Waals surface area contributed by atoms with Crippen molar-refractivity contribution in [3.8, 4) is 0 Å². The van der Waals surface area contributed by atoms with Gasteiger partial charge in [-0.1, -0.05) is 6.07 Å². The van der Waals surface area contributed by atoms with Crippen LogP contribution in [0.25, 0.3) is 0 Å². The SMILES string of the molecule is COC(=O)C1C(C)=NC2=C(C(=O)CCC2)[C@H]1c1c(F)cccc1F. The first-order valence-corrected chi connectivity index (χ1v) is 7.78. The summed E-state index contributed by atoms with van der Waals surface area (Å²) in [6, 6.07) is 3.51. The fourth-order valence-corrected chi connectivity index (χ4v) is 3.56. The van der Waals surface area contributed by atoms with E-state index in [4.69, 9.17) is 4.74 Å². The van der Waals surface area contributed by atoms with E-state index in [1.807, 2.05) is 0 Å². The van der Waals surface area contributed by atoms with E-state index in [0.29, 0.717) is 24.3 Å². The lowest BCUT2D eigenvalue weighted by molar-refractivity contribution is -0.143. The Labute approximate surface area is 138 Å². The molecule has 0 amide bonds. The highest BCUT2D eigenvalue weighted by molar-refractivity contribution is 6.08. The van der Waals surface area contributed by atoms with Crippen molar-refractivity contribution in [1.29, 1.82) is 0 Å². The van der Waals surface area contributed by atoms with Gasteiger partial charge in [0.1, 0.15) is 17.6 Å². The molecule has 4 nitrogen and oxygen atoms in total. The molecule has 1 aromatic rings. The molecule has 24 heavy (non-hydrogen) atoms. The number of Topliss-reactive ketones (excluding diaryl/α,β-unsaturated/α-hetero) is 1. The molecule has 0 aromatic heterocycles. The quantitative estimate of drug-likeness (QED) is 0.780. The minimum absolute atomic E-state index is 0.214. The number of esters is 1. The molecule has 1 aliphatic carbocycles. The zero-order valence-corrected chi connectivity index (χ0v) is 13.4. The van der Waals surface area contributed by atoms with Crippen LogP contribution in [0.3, 0.4) is 0 Å². The van der Waals surface area contributed by atoms with E-state index in [9.17, 15) is 18.4 Å². The molecule has 2 aliphatic rings. The third kappa shape index (κ3) is 2.56. The van der Waals surface area contributed by atoms with Crippen molar-refractivity contribution in [3.63, 3.8) is 0 Å². The van der Waals surface area contributed by atoms with E-state index < -0.39 is 29.4 Å². The molecule has 2 atom stereocenters. The monoisotopic (exact) mass is 333 g/mol. The van der Waals surface area contributed by atoms with Crippen molar-refractivity contribution < 1.29 is 23.1 Å². The van der Waals surface area contributed by atoms with Gasteiger partial charge in [-0.15, -0.1) is 0 Å². The van der Waals surface area contributed by atoms with Crippen molar-refractivity contribution in [2.75, 3.05) is 7.11 Å². The van der Waals surface area contributed by atoms with Crippen molar-refractivity contribution >= 4 is 17.5 Å². The van der Waals surface area contributed by atoms with Crippen LogP contribution in [0.1, 0.15) is 37.7 Å². The Bertz CT molecular complexity index is 762. The van der Waals surface area contributed by atoms with E-state index in [1.54, 1.807) is 6.92 Å². The van der Waals surface area contributed by atoms with Crippen LogP contribution in [-0.4, -0.2) is 24.6 Å². The van der Waals surface area contributed by atoms with E-state index in [-0.39, 0.29) is 23.3 Å². The van der Waals surface area contributed by atoms with Gasteiger partial charge < -0.3 is 4.74 Å². The summed E-state index contributed by atoms with van der Waals surface area (Å²) >= 11 is 0. The summed E-state index contributed by atoms with van der Waals surface area (Å²) in [6.45, 7) is 1.62. The molecule has 6 heteroatoms. The lowest BCUT2D eigenvalue weighted by Crippen LogP contribution is -2.37. The number of halogens is 2. The van der Waals surface area contributed by atoms with Gasteiger partial charge in [0.2, 0.25) is 0 Å². The van der Waals surface area contributed by atoms with Gasteiger partial charge in [0.15, 0.2) is 5.78 Å². The normalized spacial score (nSPS) is 23.7. The summed E-state index contributed by atoms with van der Waals surface area (Å²) in [5.74, 6) is -4.49. The molecule has 0 spiro atoms. The Kier molecular flexibility index (Phi) is 4.30. The van der Waals surface area contributed by atoms with E-state index >= 15 is 0 Å². The lowest BCUT2D eigenvalue weighted by atomic mass is 9.71. The highest BCUT2D eigenvalue weighted by Gasteiger charge is 2.44. The van der Waals surface area contributed by atoms with Gasteiger partial charge >= 0.3 is 5.97 Å². The second kappa shape index (κ2) is 6.26. The number of allylic oxidation sites excluding steroid dienone is 2. The Morgan fingerprint density at radius 2 is 1.92 bits per heavy atom. The molecule has 0 radical (unpaired) electrons. The van der Waals surface area contributed by atoms with Crippen molar-refractivity contribution in [1.82, 2.24) is 0 Å². The van der Waals surface area contributed by atoms with Crippen molar-refractivity contribution in [2.24, 2.45) is 10.9 Å². The summed E-state index contributed by atoms with van der Waals surface area (Å²) in [4.78, 5) is 29.1. The molecule has 1 heterocycles. The van der Waals surface area contributed by atoms with Gasteiger partial charge in [-0.3, -0.25) is 14.6 Å². The van der Waals surface area contributed by atoms with Crippen LogP contribution in [-0.2, 0) is 14.3 Å². The third-order valence-electron chi connectivity index (χ3n) is 4.60. The number of ketones is 1. The third-order valence-corrected chi connectivity index (χ3v) is 4.60. The number of hydrogen-bond acceptors (Lipinski definition) is 4. The van der Waals surface area contributed by atoms with Crippen molar-refractivity contribution in [3.05, 3.63) is 46.7 Å². The number of ether oxygens (including phenoxy) is 1. The second-order valence-corrected chi connectivity index (χ2v) is 6.00. The number of carbonyl (C=O) groups excluding carboxylic acids is 2. The zero-order valence-electron chi connectivity index (χ0n) is 13.4. The molecule has 0 saturated heterocycles. The van der Waals surface area contributed by atoms with Gasteiger partial charge in [-0.2, -0.15) is 0 Å². The van der Waals surface area contributed by atoms with Gasteiger partial charge in [-0.05, 0) is 31.9 Å². The number of hydrogen-bond donors (Lipinski definition) is 0. The standard InChI is InChI=1S/C18H17F2NO3/c1-9-14(18(23)24-2)17(15-10(19)5-3-6-11(15)20)16-12(21-9)7-4-8-13(16)22/h3,5-6,14,17H,4,7-8H2,1-2H3/t14?,17-/m1/s1. The molecule has 0 N–H and O–H groups in total. The molecule has 1 unspecified atom stereocenters. The van der Waals surface area contributed by atoms with Crippen LogP contribution in [0.2, 0.25) is 0 Å². The number of benzene rings is 1. The summed E-state index contributed by atoms with van der Waals surface area (Å²) in [7, 11) is 1.21. The maximum Gasteiger partial charge on any atom is 0.315 e. The van der Waals surface area contributed by atoms with Gasteiger partial charge in [0.25, 0.3) is 0 Å². The molecule has 1 aliphatic heterocycles. The summed E-state index contributed by atoms with van der Waals surface area (Å²) in [6.07, 6.45) is 1.48. The Morgan fingerprint density at radius 3 is 2.54 bits per heavy atom. The van der Waals surface area contributed by atoms with Crippen LogP contribution in [0, 0.1) is 17.6 Å². The Balaban J connectivity index is 2.27. The average molecular weight is 333 g/mol. The maximum atomic E-state index is 14.4. The summed E-state index contributed by atoms with van der Waals surface area (Å²) in [5.41, 5.74) is 0.899. The molecular weight excluding hydrogens is 316 g/mol. The van der Waals surface area contributed by atoms with Crippen LogP contribution in [0.15, 0.2) is 34.5 Å². The van der Waals surface area contributed by atoms with Crippen LogP contribution in [0.4, 0.5) is 8.78 Å². The van der Waals surface area contributed by atoms with E-state index in [0.717, 1.165) is 12.1 Å². The average Bonchev–Trinajstić information content (AvgIpc) is 2.53. The number of rotatable bonds is 2. The fourth-order valence-electron chi connectivity index (χ4n) is 3.56. The van der Waals surface area contributed by atoms with Crippen LogP contribution in [0.5, 0.6) is 0 Å². The van der Waals surface area contributed by atoms with E-state index in [2.05, 4.69) is 4.99 Å². The largest absolute Gasteiger partial charge is 0.468 e. The molecule has 1 aromatic carbocycles. The number of nitrogens with zero attached hydrogens (tertiary/aromatic N) is 1. The highest BCUT2D eigenvalue weighted by Crippen LogP contribution is 2.44. The zero-order chi connectivity index (χ0) is 17.4. The minimum atomic E-state index is -1.04. The highest BCUT2D eigenvalue weighted by atomic mass is 19.1. The number of methoxy groups -OCH3 is 1. The van der Waals surface area contributed by atoms with Crippen LogP contribution < -0.4 is 0 Å². The van der Waals surface area contributed by atoms with E-state index in [1.165, 1.54) is 13.2 Å². The lowest BCUT2D eigenvalue weighted by Gasteiger charge is -2.34. The fraction of sp³-hybridized carbons (Fsp3) is 0.389. The maximum absolute atomic E-state index is 14.4. The predicted octanol–water partition coefficient (Wildman–Crippen LogP) is 3.32. The minimum Gasteiger partial charge on any atom is -0.468 e. The number of aliphatic imine (C=N–C) groups is 1. The Morgan fingerprint density at radius 1 is 1.25 bits per heavy atom. The summed E-state index contributed by atoms with van der Waals surface area (Å²) in [5, 5.41) is 0. The predicted molar refractivity (Wildman–Crippen MR) is 83.6 cm³/mol. The molecule has 3 rings (SSSR count). The Hall–Kier alpha value is -2.37. The molecule has 0 bridgehead atoms. The smallest absolute Gasteiger partial charge is 0.315 e. The molecule has 0 fully saturated rings. The van der Waals surface area contributed by atoms with Crippen LogP contribution >= 0.6 is 0 Å². The van der Waals surface area contributed by atoms with Gasteiger partial charge in [-0.25, -0.2) is 8.78 Å². The second-order valence-electron chi connectivity index (χ2n) is 6.00. The molecule has 0 saturated carbocycles. The first kappa shape index (κ1) is 16.5. The number of carbonyl (C=O) groups is 2. The first-order chi connectivity index (χ1) is 11.5. The first-order valence-electron chi connectivity index (χ1n) is 7.78. The van der Waals surface area contributed by atoms with Gasteiger partial charge in [0, 0.05) is 34.9 Å². The topological polar surface area (TPSA) is 55.7 Å².